The van der Waals surface area contributed by atoms with E-state index in [-0.39, 0.29) is 12.2 Å². The number of ether oxygens (including phenoxy) is 1. The van der Waals surface area contributed by atoms with Crippen LogP contribution in [-0.4, -0.2) is 18.5 Å². The van der Waals surface area contributed by atoms with Crippen molar-refractivity contribution in [2.24, 2.45) is 5.73 Å². The fraction of sp³-hybridized carbons (Fsp3) is 0.167. The van der Waals surface area contributed by atoms with Gasteiger partial charge < -0.3 is 16.2 Å². The fourth-order valence-corrected chi connectivity index (χ4v) is 1.15. The lowest BCUT2D eigenvalue weighted by Crippen LogP contribution is -2.08. The normalized spacial score (nSPS) is 9.00. The lowest BCUT2D eigenvalue weighted by atomic mass is 10.1. The molecule has 0 fully saturated rings. The number of rotatable bonds is 2. The molecule has 0 radical (unpaired) electrons. The van der Waals surface area contributed by atoms with Crippen molar-refractivity contribution in [3.63, 3.8) is 0 Å². The minimum Gasteiger partial charge on any atom is -0.462 e. The zero-order chi connectivity index (χ0) is 12.8. The average Bonchev–Trinajstić information content (AvgIpc) is 2.28. The van der Waals surface area contributed by atoms with Crippen LogP contribution in [0.2, 0.25) is 0 Å². The maximum Gasteiger partial charge on any atom is 0.340 e. The molecule has 4 N–H and O–H groups in total. The summed E-state index contributed by atoms with van der Waals surface area (Å²) in [5, 5.41) is 0. The van der Waals surface area contributed by atoms with Gasteiger partial charge >= 0.3 is 5.97 Å². The van der Waals surface area contributed by atoms with Gasteiger partial charge in [-0.25, -0.2) is 4.79 Å². The molecule has 0 saturated heterocycles. The van der Waals surface area contributed by atoms with Crippen molar-refractivity contribution in [2.45, 2.75) is 6.92 Å². The highest BCUT2D eigenvalue weighted by atomic mass is 16.5. The Morgan fingerprint density at radius 3 is 2.71 bits per heavy atom. The van der Waals surface area contributed by atoms with E-state index in [2.05, 4.69) is 11.8 Å². The number of hydrogen-bond donors (Lipinski definition) is 2. The van der Waals surface area contributed by atoms with Gasteiger partial charge in [-0.15, -0.1) is 0 Å². The van der Waals surface area contributed by atoms with E-state index in [1.807, 2.05) is 0 Å². The third-order valence-corrected chi connectivity index (χ3v) is 1.88. The van der Waals surface area contributed by atoms with Crippen molar-refractivity contribution in [1.82, 2.24) is 0 Å². The zero-order valence-electron chi connectivity index (χ0n) is 9.32. The minimum absolute atomic E-state index is 0.225. The predicted molar refractivity (Wildman–Crippen MR) is 62.9 cm³/mol. The zero-order valence-corrected chi connectivity index (χ0v) is 9.32. The van der Waals surface area contributed by atoms with E-state index < -0.39 is 11.9 Å². The molecule has 0 aromatic heterocycles. The number of nitrogen functional groups attached to an aromatic ring is 1. The molecule has 5 nitrogen and oxygen atoms in total. The van der Waals surface area contributed by atoms with Crippen LogP contribution < -0.4 is 11.5 Å². The van der Waals surface area contributed by atoms with Crippen LogP contribution in [0.1, 0.15) is 22.8 Å². The first-order chi connectivity index (χ1) is 8.04. The van der Waals surface area contributed by atoms with Gasteiger partial charge in [0.1, 0.15) is 0 Å². The van der Waals surface area contributed by atoms with E-state index in [4.69, 9.17) is 16.2 Å². The highest BCUT2D eigenvalue weighted by Crippen LogP contribution is 2.14. The van der Waals surface area contributed by atoms with Gasteiger partial charge in [0.15, 0.2) is 0 Å². The van der Waals surface area contributed by atoms with Crippen LogP contribution >= 0.6 is 0 Å². The van der Waals surface area contributed by atoms with Crippen molar-refractivity contribution >= 4 is 17.6 Å². The number of esters is 1. The van der Waals surface area contributed by atoms with E-state index in [0.29, 0.717) is 11.3 Å². The summed E-state index contributed by atoms with van der Waals surface area (Å²) in [6.07, 6.45) is 0. The molecule has 0 aliphatic rings. The standard InChI is InChI=1S/C12H12N2O3/c1-2-17-12(16)9-7-8(3-5-10(9)13)4-6-11(14)15/h3,5,7H,2,13H2,1H3,(H2,14,15). The van der Waals surface area contributed by atoms with E-state index >= 15 is 0 Å². The van der Waals surface area contributed by atoms with Crippen molar-refractivity contribution < 1.29 is 14.3 Å². The number of benzene rings is 1. The van der Waals surface area contributed by atoms with Gasteiger partial charge in [-0.2, -0.15) is 0 Å². The smallest absolute Gasteiger partial charge is 0.340 e. The number of hydrogen-bond acceptors (Lipinski definition) is 4. The van der Waals surface area contributed by atoms with Gasteiger partial charge in [0.25, 0.3) is 5.91 Å². The van der Waals surface area contributed by atoms with E-state index in [9.17, 15) is 9.59 Å². The molecule has 17 heavy (non-hydrogen) atoms. The second-order valence-corrected chi connectivity index (χ2v) is 3.14. The molecule has 0 heterocycles. The third kappa shape index (κ3) is 3.54. The quantitative estimate of drug-likeness (QED) is 0.435. The topological polar surface area (TPSA) is 95.4 Å². The first-order valence-electron chi connectivity index (χ1n) is 4.92. The summed E-state index contributed by atoms with van der Waals surface area (Å²) in [5.74, 6) is 3.44. The molecule has 0 aliphatic carbocycles. The Labute approximate surface area is 98.7 Å². The Morgan fingerprint density at radius 2 is 2.12 bits per heavy atom. The van der Waals surface area contributed by atoms with Gasteiger partial charge in [-0.05, 0) is 31.0 Å². The summed E-state index contributed by atoms with van der Waals surface area (Å²) in [6.45, 7) is 1.96. The second-order valence-electron chi connectivity index (χ2n) is 3.14. The largest absolute Gasteiger partial charge is 0.462 e. The fourth-order valence-electron chi connectivity index (χ4n) is 1.15. The summed E-state index contributed by atoms with van der Waals surface area (Å²) in [7, 11) is 0. The molecular weight excluding hydrogens is 220 g/mol. The molecule has 5 heteroatoms. The van der Waals surface area contributed by atoms with Crippen molar-refractivity contribution in [3.8, 4) is 11.8 Å². The highest BCUT2D eigenvalue weighted by molar-refractivity contribution is 5.96. The van der Waals surface area contributed by atoms with Crippen LogP contribution in [0.3, 0.4) is 0 Å². The number of primary amides is 1. The second kappa shape index (κ2) is 5.56. The number of anilines is 1. The Balaban J connectivity index is 3.07. The van der Waals surface area contributed by atoms with Gasteiger partial charge in [-0.1, -0.05) is 5.92 Å². The summed E-state index contributed by atoms with van der Waals surface area (Å²) >= 11 is 0. The van der Waals surface area contributed by atoms with Gasteiger partial charge in [0.2, 0.25) is 0 Å². The molecule has 1 rings (SSSR count). The molecule has 0 atom stereocenters. The maximum atomic E-state index is 11.5. The van der Waals surface area contributed by atoms with Crippen LogP contribution in [0.15, 0.2) is 18.2 Å². The molecule has 0 aliphatic heterocycles. The summed E-state index contributed by atoms with van der Waals surface area (Å²) in [4.78, 5) is 22.0. The summed E-state index contributed by atoms with van der Waals surface area (Å²) in [6, 6.07) is 4.58. The summed E-state index contributed by atoms with van der Waals surface area (Å²) in [5.41, 5.74) is 11.5. The molecular formula is C12H12N2O3. The molecule has 88 valence electrons. The van der Waals surface area contributed by atoms with E-state index in [1.54, 1.807) is 13.0 Å². The van der Waals surface area contributed by atoms with Gasteiger partial charge in [0, 0.05) is 11.3 Å². The Morgan fingerprint density at radius 1 is 1.41 bits per heavy atom. The molecule has 1 aromatic carbocycles. The first-order valence-corrected chi connectivity index (χ1v) is 4.92. The van der Waals surface area contributed by atoms with Gasteiger partial charge in [0.05, 0.1) is 12.2 Å². The SMILES string of the molecule is CCOC(=O)c1cc(C#CC(N)=O)ccc1N. The number of carbonyl (C=O) groups is 2. The van der Waals surface area contributed by atoms with Crippen LogP contribution in [-0.2, 0) is 9.53 Å². The number of carbonyl (C=O) groups excluding carboxylic acids is 2. The van der Waals surface area contributed by atoms with Crippen molar-refractivity contribution in [3.05, 3.63) is 29.3 Å². The molecule has 1 aromatic rings. The molecule has 0 saturated carbocycles. The van der Waals surface area contributed by atoms with Crippen molar-refractivity contribution in [1.29, 1.82) is 0 Å². The Kier molecular flexibility index (Phi) is 4.12. The summed E-state index contributed by atoms with van der Waals surface area (Å²) < 4.78 is 4.83. The third-order valence-electron chi connectivity index (χ3n) is 1.88. The van der Waals surface area contributed by atoms with Gasteiger partial charge in [-0.3, -0.25) is 4.79 Å². The lowest BCUT2D eigenvalue weighted by molar-refractivity contribution is -0.112. The number of amides is 1. The highest BCUT2D eigenvalue weighted by Gasteiger charge is 2.10. The monoisotopic (exact) mass is 232 g/mol. The maximum absolute atomic E-state index is 11.5. The molecule has 0 spiro atoms. The molecule has 0 bridgehead atoms. The lowest BCUT2D eigenvalue weighted by Gasteiger charge is -2.05. The molecule has 1 amide bonds. The Hall–Kier alpha value is -2.48. The van der Waals surface area contributed by atoms with Crippen LogP contribution in [0.25, 0.3) is 0 Å². The van der Waals surface area contributed by atoms with Crippen LogP contribution in [0.4, 0.5) is 5.69 Å². The Bertz CT molecular complexity index is 512. The van der Waals surface area contributed by atoms with E-state index in [1.165, 1.54) is 12.1 Å². The predicted octanol–water partition coefficient (Wildman–Crippen LogP) is 0.282. The average molecular weight is 232 g/mol. The van der Waals surface area contributed by atoms with Crippen molar-refractivity contribution in [2.75, 3.05) is 12.3 Å². The number of nitrogens with two attached hydrogens (primary N) is 2. The van der Waals surface area contributed by atoms with E-state index in [0.717, 1.165) is 0 Å². The minimum atomic E-state index is -0.737. The first kappa shape index (κ1) is 12.6. The van der Waals surface area contributed by atoms with Crippen LogP contribution in [0, 0.1) is 11.8 Å². The molecule has 0 unspecified atom stereocenters. The van der Waals surface area contributed by atoms with Crippen LogP contribution in [0.5, 0.6) is 0 Å².